The van der Waals surface area contributed by atoms with Crippen LogP contribution in [0.25, 0.3) is 0 Å². The number of hydrogen-bond acceptors (Lipinski definition) is 6. The Balaban J connectivity index is 1.35. The first-order chi connectivity index (χ1) is 13.2. The van der Waals surface area contributed by atoms with Gasteiger partial charge in [-0.05, 0) is 29.8 Å². The number of thioether (sulfide) groups is 1. The molecule has 2 heterocycles. The van der Waals surface area contributed by atoms with Gasteiger partial charge in [0.2, 0.25) is 5.95 Å². The highest BCUT2D eigenvalue weighted by Gasteiger charge is 2.26. The molecule has 0 aliphatic carbocycles. The van der Waals surface area contributed by atoms with Crippen LogP contribution in [0.2, 0.25) is 0 Å². The van der Waals surface area contributed by atoms with E-state index in [-0.39, 0.29) is 24.1 Å². The van der Waals surface area contributed by atoms with Gasteiger partial charge >= 0.3 is 5.97 Å². The standard InChI is InChI=1S/C19H17FN4O2S/c20-15-6-8-16(9-7-15)23-10-11-24-18(23)21-22-19(24)27-13-17(25)26-12-14-4-2-1-3-5-14/h1-9H,10-13H2. The highest BCUT2D eigenvalue weighted by molar-refractivity contribution is 7.99. The maximum Gasteiger partial charge on any atom is 0.316 e. The molecule has 27 heavy (non-hydrogen) atoms. The summed E-state index contributed by atoms with van der Waals surface area (Å²) in [5.74, 6) is 0.294. The number of benzene rings is 2. The van der Waals surface area contributed by atoms with Crippen LogP contribution in [0.4, 0.5) is 16.0 Å². The Hall–Kier alpha value is -2.87. The van der Waals surface area contributed by atoms with Gasteiger partial charge in [-0.1, -0.05) is 42.1 Å². The second kappa shape index (κ2) is 7.79. The van der Waals surface area contributed by atoms with E-state index in [1.165, 1.54) is 23.9 Å². The van der Waals surface area contributed by atoms with Crippen molar-refractivity contribution in [2.45, 2.75) is 18.3 Å². The van der Waals surface area contributed by atoms with E-state index in [0.29, 0.717) is 17.6 Å². The zero-order chi connectivity index (χ0) is 18.6. The summed E-state index contributed by atoms with van der Waals surface area (Å²) in [4.78, 5) is 14.0. The molecule has 6 nitrogen and oxygen atoms in total. The van der Waals surface area contributed by atoms with Crippen molar-refractivity contribution < 1.29 is 13.9 Å². The second-order valence-electron chi connectivity index (χ2n) is 6.00. The fourth-order valence-electron chi connectivity index (χ4n) is 2.85. The molecule has 138 valence electrons. The smallest absolute Gasteiger partial charge is 0.316 e. The van der Waals surface area contributed by atoms with Gasteiger partial charge in [0.1, 0.15) is 12.4 Å². The molecule has 0 bridgehead atoms. The summed E-state index contributed by atoms with van der Waals surface area (Å²) in [6.45, 7) is 1.69. The lowest BCUT2D eigenvalue weighted by Crippen LogP contribution is -2.14. The third-order valence-electron chi connectivity index (χ3n) is 4.19. The summed E-state index contributed by atoms with van der Waals surface area (Å²) in [7, 11) is 0. The molecular weight excluding hydrogens is 367 g/mol. The Labute approximate surface area is 160 Å². The molecular formula is C19H17FN4O2S. The predicted molar refractivity (Wildman–Crippen MR) is 100 cm³/mol. The molecule has 0 fully saturated rings. The van der Waals surface area contributed by atoms with Crippen molar-refractivity contribution in [2.75, 3.05) is 17.2 Å². The van der Waals surface area contributed by atoms with E-state index in [1.54, 1.807) is 12.1 Å². The van der Waals surface area contributed by atoms with Gasteiger partial charge in [0.05, 0.1) is 5.75 Å². The monoisotopic (exact) mass is 384 g/mol. The molecule has 1 aliphatic rings. The van der Waals surface area contributed by atoms with Gasteiger partial charge in [-0.2, -0.15) is 0 Å². The number of carbonyl (C=O) groups is 1. The second-order valence-corrected chi connectivity index (χ2v) is 6.94. The van der Waals surface area contributed by atoms with Gasteiger partial charge in [0.15, 0.2) is 5.16 Å². The van der Waals surface area contributed by atoms with Crippen molar-refractivity contribution in [3.8, 4) is 0 Å². The van der Waals surface area contributed by atoms with Crippen molar-refractivity contribution in [1.29, 1.82) is 0 Å². The topological polar surface area (TPSA) is 60.2 Å². The molecule has 3 aromatic rings. The van der Waals surface area contributed by atoms with Gasteiger partial charge < -0.3 is 9.64 Å². The average molecular weight is 384 g/mol. The molecule has 0 saturated carbocycles. The number of nitrogens with zero attached hydrogens (tertiary/aromatic N) is 4. The zero-order valence-electron chi connectivity index (χ0n) is 14.4. The van der Waals surface area contributed by atoms with E-state index >= 15 is 0 Å². The van der Waals surface area contributed by atoms with Crippen molar-refractivity contribution in [1.82, 2.24) is 14.8 Å². The number of esters is 1. The van der Waals surface area contributed by atoms with Crippen molar-refractivity contribution >= 4 is 29.4 Å². The molecule has 8 heteroatoms. The van der Waals surface area contributed by atoms with Crippen LogP contribution in [-0.4, -0.2) is 33.0 Å². The van der Waals surface area contributed by atoms with Gasteiger partial charge in [0, 0.05) is 18.8 Å². The van der Waals surface area contributed by atoms with E-state index in [0.717, 1.165) is 17.8 Å². The fourth-order valence-corrected chi connectivity index (χ4v) is 3.61. The van der Waals surface area contributed by atoms with Crippen molar-refractivity contribution in [3.63, 3.8) is 0 Å². The molecule has 2 aromatic carbocycles. The summed E-state index contributed by atoms with van der Waals surface area (Å²) in [5.41, 5.74) is 1.82. The lowest BCUT2D eigenvalue weighted by atomic mass is 10.2. The van der Waals surface area contributed by atoms with Crippen LogP contribution < -0.4 is 4.90 Å². The van der Waals surface area contributed by atoms with Crippen LogP contribution >= 0.6 is 11.8 Å². The lowest BCUT2D eigenvalue weighted by molar-refractivity contribution is -0.141. The fraction of sp³-hybridized carbons (Fsp3) is 0.211. The number of anilines is 2. The summed E-state index contributed by atoms with van der Waals surface area (Å²) < 4.78 is 20.4. The molecule has 1 aromatic heterocycles. The normalized spacial score (nSPS) is 12.9. The molecule has 0 spiro atoms. The Kier molecular flexibility index (Phi) is 5.06. The lowest BCUT2D eigenvalue weighted by Gasteiger charge is -2.14. The van der Waals surface area contributed by atoms with Crippen LogP contribution in [0.5, 0.6) is 0 Å². The summed E-state index contributed by atoms with van der Waals surface area (Å²) in [6, 6.07) is 15.8. The SMILES string of the molecule is O=C(CSc1nnc2n1CCN2c1ccc(F)cc1)OCc1ccccc1. The van der Waals surface area contributed by atoms with E-state index in [2.05, 4.69) is 10.2 Å². The number of ether oxygens (including phenoxy) is 1. The summed E-state index contributed by atoms with van der Waals surface area (Å²) in [5, 5.41) is 9.07. The van der Waals surface area contributed by atoms with Gasteiger partial charge in [-0.25, -0.2) is 4.39 Å². The van der Waals surface area contributed by atoms with Crippen molar-refractivity contribution in [3.05, 3.63) is 66.0 Å². The Bertz CT molecular complexity index is 931. The minimum absolute atomic E-state index is 0.168. The number of rotatable bonds is 6. The van der Waals surface area contributed by atoms with E-state index < -0.39 is 0 Å². The summed E-state index contributed by atoms with van der Waals surface area (Å²) in [6.07, 6.45) is 0. The Morgan fingerprint density at radius 1 is 1.07 bits per heavy atom. The highest BCUT2D eigenvalue weighted by atomic mass is 32.2. The van der Waals surface area contributed by atoms with Crippen LogP contribution in [0.15, 0.2) is 59.8 Å². The number of carbonyl (C=O) groups excluding carboxylic acids is 1. The maximum absolute atomic E-state index is 13.1. The molecule has 1 aliphatic heterocycles. The maximum atomic E-state index is 13.1. The highest BCUT2D eigenvalue weighted by Crippen LogP contribution is 2.32. The first kappa shape index (κ1) is 17.5. The number of hydrogen-bond donors (Lipinski definition) is 0. The molecule has 0 amide bonds. The number of aromatic nitrogens is 3. The molecule has 0 N–H and O–H groups in total. The largest absolute Gasteiger partial charge is 0.460 e. The molecule has 4 rings (SSSR count). The van der Waals surface area contributed by atoms with E-state index in [4.69, 9.17) is 4.74 Å². The van der Waals surface area contributed by atoms with Crippen LogP contribution in [0, 0.1) is 5.82 Å². The zero-order valence-corrected chi connectivity index (χ0v) is 15.2. The van der Waals surface area contributed by atoms with Gasteiger partial charge in [-0.15, -0.1) is 10.2 Å². The minimum atomic E-state index is -0.297. The molecule has 0 radical (unpaired) electrons. The van der Waals surface area contributed by atoms with E-state index in [1.807, 2.05) is 39.8 Å². The van der Waals surface area contributed by atoms with E-state index in [9.17, 15) is 9.18 Å². The van der Waals surface area contributed by atoms with Gasteiger partial charge in [-0.3, -0.25) is 9.36 Å². The van der Waals surface area contributed by atoms with Crippen LogP contribution in [0.3, 0.4) is 0 Å². The molecule has 0 unspecified atom stereocenters. The van der Waals surface area contributed by atoms with Crippen LogP contribution in [0.1, 0.15) is 5.56 Å². The van der Waals surface area contributed by atoms with Crippen LogP contribution in [-0.2, 0) is 22.7 Å². The van der Waals surface area contributed by atoms with Crippen molar-refractivity contribution in [2.24, 2.45) is 0 Å². The number of fused-ring (bicyclic) bond motifs is 1. The predicted octanol–water partition coefficient (Wildman–Crippen LogP) is 3.40. The average Bonchev–Trinajstić information content (AvgIpc) is 3.29. The molecule has 0 saturated heterocycles. The first-order valence-corrected chi connectivity index (χ1v) is 9.48. The Morgan fingerprint density at radius 2 is 1.85 bits per heavy atom. The Morgan fingerprint density at radius 3 is 2.63 bits per heavy atom. The molecule has 0 atom stereocenters. The first-order valence-electron chi connectivity index (χ1n) is 8.49. The van der Waals surface area contributed by atoms with Gasteiger partial charge in [0.25, 0.3) is 0 Å². The third kappa shape index (κ3) is 3.95. The quantitative estimate of drug-likeness (QED) is 0.480. The minimum Gasteiger partial charge on any atom is -0.460 e. The number of halogens is 1. The summed E-state index contributed by atoms with van der Waals surface area (Å²) >= 11 is 1.30. The third-order valence-corrected chi connectivity index (χ3v) is 5.13.